The van der Waals surface area contributed by atoms with Gasteiger partial charge in [0.2, 0.25) is 0 Å². The monoisotopic (exact) mass is 216 g/mol. The van der Waals surface area contributed by atoms with Crippen molar-refractivity contribution in [1.82, 2.24) is 4.98 Å². The van der Waals surface area contributed by atoms with Crippen molar-refractivity contribution in [3.05, 3.63) is 33.7 Å². The maximum atomic E-state index is 11.0. The summed E-state index contributed by atoms with van der Waals surface area (Å²) in [6, 6.07) is 3.11. The molecule has 0 bridgehead atoms. The normalized spacial score (nSPS) is 8.50. The Bertz CT molecular complexity index is 555. The summed E-state index contributed by atoms with van der Waals surface area (Å²) in [6.07, 6.45) is 1.35. The van der Waals surface area contributed by atoms with Crippen LogP contribution in [0.1, 0.15) is 17.5 Å². The van der Waals surface area contributed by atoms with E-state index < -0.39 is 11.5 Å². The van der Waals surface area contributed by atoms with Crippen molar-refractivity contribution < 1.29 is 9.53 Å². The summed E-state index contributed by atoms with van der Waals surface area (Å²) in [5, 5.41) is 8.60. The van der Waals surface area contributed by atoms with E-state index >= 15 is 0 Å². The summed E-state index contributed by atoms with van der Waals surface area (Å²) in [5.41, 5.74) is 0.00550. The molecule has 0 aromatic carbocycles. The number of esters is 1. The quantitative estimate of drug-likeness (QED) is 0.535. The predicted molar refractivity (Wildman–Crippen MR) is 55.3 cm³/mol. The summed E-state index contributed by atoms with van der Waals surface area (Å²) in [6.45, 7) is 0. The number of pyridine rings is 1. The van der Waals surface area contributed by atoms with Crippen LogP contribution in [0, 0.1) is 23.2 Å². The van der Waals surface area contributed by atoms with Gasteiger partial charge in [-0.1, -0.05) is 11.8 Å². The molecule has 1 aromatic rings. The van der Waals surface area contributed by atoms with E-state index in [0.717, 1.165) is 0 Å². The Morgan fingerprint density at radius 3 is 3.00 bits per heavy atom. The first-order valence-corrected chi connectivity index (χ1v) is 4.36. The minimum absolute atomic E-state index is 0.00938. The number of rotatable bonds is 1. The second-order valence-corrected chi connectivity index (χ2v) is 2.80. The van der Waals surface area contributed by atoms with Crippen LogP contribution in [0.25, 0.3) is 0 Å². The zero-order valence-electron chi connectivity index (χ0n) is 8.53. The first-order valence-electron chi connectivity index (χ1n) is 4.36. The van der Waals surface area contributed by atoms with Gasteiger partial charge in [-0.2, -0.15) is 5.26 Å². The third-order valence-electron chi connectivity index (χ3n) is 1.72. The van der Waals surface area contributed by atoms with Crippen molar-refractivity contribution in [2.24, 2.45) is 0 Å². The number of nitriles is 1. The van der Waals surface area contributed by atoms with Crippen LogP contribution in [0.3, 0.4) is 0 Å². The lowest BCUT2D eigenvalue weighted by Crippen LogP contribution is -2.09. The molecule has 0 fully saturated rings. The minimum Gasteiger partial charge on any atom is -0.468 e. The zero-order chi connectivity index (χ0) is 12.0. The fraction of sp³-hybridized carbons (Fsp3) is 0.182. The van der Waals surface area contributed by atoms with Gasteiger partial charge in [0.15, 0.2) is 0 Å². The van der Waals surface area contributed by atoms with E-state index in [4.69, 9.17) is 5.26 Å². The number of hydrogen-bond donors (Lipinski definition) is 1. The molecular weight excluding hydrogens is 208 g/mol. The van der Waals surface area contributed by atoms with Crippen LogP contribution in [-0.2, 0) is 9.53 Å². The molecule has 1 aromatic heterocycles. The number of ether oxygens (including phenoxy) is 1. The number of nitrogens with one attached hydrogen (secondary N) is 1. The lowest BCUT2D eigenvalue weighted by atomic mass is 10.2. The highest BCUT2D eigenvalue weighted by atomic mass is 16.5. The fourth-order valence-electron chi connectivity index (χ4n) is 0.930. The van der Waals surface area contributed by atoms with Crippen molar-refractivity contribution in [3.63, 3.8) is 0 Å². The highest BCUT2D eigenvalue weighted by Crippen LogP contribution is 1.95. The summed E-state index contributed by atoms with van der Waals surface area (Å²) in [4.78, 5) is 24.1. The van der Waals surface area contributed by atoms with Gasteiger partial charge in [0.1, 0.15) is 18.1 Å². The van der Waals surface area contributed by atoms with Gasteiger partial charge in [-0.3, -0.25) is 9.59 Å². The Hall–Kier alpha value is -2.53. The molecule has 0 radical (unpaired) electrons. The number of aromatic nitrogens is 1. The van der Waals surface area contributed by atoms with Crippen LogP contribution in [0.15, 0.2) is 17.1 Å². The number of H-pyrrole nitrogens is 1. The molecule has 1 rings (SSSR count). The molecule has 0 saturated carbocycles. The van der Waals surface area contributed by atoms with E-state index in [-0.39, 0.29) is 12.0 Å². The zero-order valence-corrected chi connectivity index (χ0v) is 8.53. The molecule has 0 aliphatic rings. The standard InChI is InChI=1S/C11H8N2O3/c1-16-10(14)4-2-3-8-5-9(6-12)11(15)13-7-8/h5,7H,4H2,1H3,(H,13,15). The molecule has 0 atom stereocenters. The fourth-order valence-corrected chi connectivity index (χ4v) is 0.930. The van der Waals surface area contributed by atoms with Gasteiger partial charge in [-0.25, -0.2) is 0 Å². The van der Waals surface area contributed by atoms with Gasteiger partial charge >= 0.3 is 5.97 Å². The second-order valence-electron chi connectivity index (χ2n) is 2.80. The summed E-state index contributed by atoms with van der Waals surface area (Å²) in [7, 11) is 1.28. The molecule has 0 amide bonds. The van der Waals surface area contributed by atoms with Crippen molar-refractivity contribution in [2.45, 2.75) is 6.42 Å². The lowest BCUT2D eigenvalue weighted by molar-refractivity contribution is -0.139. The van der Waals surface area contributed by atoms with Crippen molar-refractivity contribution in [2.75, 3.05) is 7.11 Å². The Morgan fingerprint density at radius 1 is 1.62 bits per heavy atom. The molecule has 5 nitrogen and oxygen atoms in total. The summed E-state index contributed by atoms with van der Waals surface area (Å²) in [5.74, 6) is 4.77. The van der Waals surface area contributed by atoms with Gasteiger partial charge in [-0.05, 0) is 6.07 Å². The molecular formula is C11H8N2O3. The minimum atomic E-state index is -0.457. The average molecular weight is 216 g/mol. The highest BCUT2D eigenvalue weighted by molar-refractivity contribution is 5.72. The van der Waals surface area contributed by atoms with Crippen LogP contribution in [0.4, 0.5) is 0 Å². The smallest absolute Gasteiger partial charge is 0.317 e. The largest absolute Gasteiger partial charge is 0.468 e. The third kappa shape index (κ3) is 3.00. The number of hydrogen-bond acceptors (Lipinski definition) is 4. The second kappa shape index (κ2) is 5.38. The molecule has 80 valence electrons. The van der Waals surface area contributed by atoms with E-state index in [9.17, 15) is 9.59 Å². The molecule has 16 heavy (non-hydrogen) atoms. The van der Waals surface area contributed by atoms with Crippen molar-refractivity contribution in [1.29, 1.82) is 5.26 Å². The number of aromatic amines is 1. The van der Waals surface area contributed by atoms with E-state index in [1.54, 1.807) is 6.07 Å². The molecule has 1 heterocycles. The maximum Gasteiger partial charge on any atom is 0.317 e. The molecule has 5 heteroatoms. The third-order valence-corrected chi connectivity index (χ3v) is 1.72. The van der Waals surface area contributed by atoms with E-state index in [1.165, 1.54) is 19.4 Å². The van der Waals surface area contributed by atoms with Crippen molar-refractivity contribution >= 4 is 5.97 Å². The molecule has 0 aliphatic heterocycles. The van der Waals surface area contributed by atoms with Gasteiger partial charge in [0.05, 0.1) is 7.11 Å². The molecule has 0 aliphatic carbocycles. The van der Waals surface area contributed by atoms with E-state index in [0.29, 0.717) is 5.56 Å². The van der Waals surface area contributed by atoms with Crippen molar-refractivity contribution in [3.8, 4) is 17.9 Å². The molecule has 0 saturated heterocycles. The van der Waals surface area contributed by atoms with Gasteiger partial charge in [0, 0.05) is 11.8 Å². The Kier molecular flexibility index (Phi) is 3.88. The summed E-state index contributed by atoms with van der Waals surface area (Å²) >= 11 is 0. The van der Waals surface area contributed by atoms with Gasteiger partial charge in [-0.15, -0.1) is 0 Å². The van der Waals surface area contributed by atoms with Crippen LogP contribution in [0.5, 0.6) is 0 Å². The Balaban J connectivity index is 2.87. The molecule has 1 N–H and O–H groups in total. The molecule has 0 spiro atoms. The predicted octanol–water partition coefficient (Wildman–Crippen LogP) is 0.161. The first-order chi connectivity index (χ1) is 7.67. The Morgan fingerprint density at radius 2 is 2.38 bits per heavy atom. The van der Waals surface area contributed by atoms with Crippen LogP contribution < -0.4 is 5.56 Å². The number of methoxy groups -OCH3 is 1. The average Bonchev–Trinajstić information content (AvgIpc) is 2.31. The van der Waals surface area contributed by atoms with E-state index in [1.807, 2.05) is 0 Å². The topological polar surface area (TPSA) is 83.0 Å². The van der Waals surface area contributed by atoms with E-state index in [2.05, 4.69) is 21.6 Å². The first kappa shape index (κ1) is 11.5. The van der Waals surface area contributed by atoms with Crippen LogP contribution in [0.2, 0.25) is 0 Å². The Labute approximate surface area is 91.7 Å². The number of carbonyl (C=O) groups is 1. The van der Waals surface area contributed by atoms with Gasteiger partial charge < -0.3 is 9.72 Å². The van der Waals surface area contributed by atoms with Crippen LogP contribution in [-0.4, -0.2) is 18.1 Å². The summed E-state index contributed by atoms with van der Waals surface area (Å²) < 4.78 is 4.40. The lowest BCUT2D eigenvalue weighted by Gasteiger charge is -1.91. The van der Waals surface area contributed by atoms with Gasteiger partial charge in [0.25, 0.3) is 5.56 Å². The van der Waals surface area contributed by atoms with Crippen LogP contribution >= 0.6 is 0 Å². The maximum absolute atomic E-state index is 11.0. The number of nitrogens with zero attached hydrogens (tertiary/aromatic N) is 1. The number of carbonyl (C=O) groups excluding carboxylic acids is 1. The SMILES string of the molecule is COC(=O)CC#Cc1c[nH]c(=O)c(C#N)c1. The highest BCUT2D eigenvalue weighted by Gasteiger charge is 1.98. The molecule has 0 unspecified atom stereocenters.